The monoisotopic (exact) mass is 255 g/mol. The third kappa shape index (κ3) is 2.67. The summed E-state index contributed by atoms with van der Waals surface area (Å²) in [5, 5.41) is 9.77. The van der Waals surface area contributed by atoms with E-state index in [0.717, 1.165) is 18.2 Å². The van der Waals surface area contributed by atoms with Crippen molar-refractivity contribution in [3.05, 3.63) is 35.4 Å². The SMILES string of the molecule is CC1(O)CCN(C(=O)c2cc(F)ccc2F)CC1. The first-order chi connectivity index (χ1) is 8.39. The Morgan fingerprint density at radius 1 is 1.33 bits per heavy atom. The van der Waals surface area contributed by atoms with E-state index in [9.17, 15) is 18.7 Å². The summed E-state index contributed by atoms with van der Waals surface area (Å²) in [6.07, 6.45) is 0.880. The van der Waals surface area contributed by atoms with E-state index in [4.69, 9.17) is 0 Å². The van der Waals surface area contributed by atoms with Gasteiger partial charge in [0.25, 0.3) is 5.91 Å². The van der Waals surface area contributed by atoms with Crippen LogP contribution in [0.2, 0.25) is 0 Å². The van der Waals surface area contributed by atoms with Crippen LogP contribution < -0.4 is 0 Å². The molecule has 5 heteroatoms. The molecule has 0 atom stereocenters. The molecule has 1 aliphatic rings. The predicted molar refractivity (Wildman–Crippen MR) is 62.1 cm³/mol. The number of benzene rings is 1. The van der Waals surface area contributed by atoms with E-state index in [0.29, 0.717) is 25.9 Å². The molecule has 0 radical (unpaired) electrons. The Balaban J connectivity index is 2.15. The van der Waals surface area contributed by atoms with Crippen molar-refractivity contribution in [1.82, 2.24) is 4.90 Å². The van der Waals surface area contributed by atoms with Crippen LogP contribution >= 0.6 is 0 Å². The molecular weight excluding hydrogens is 240 g/mol. The van der Waals surface area contributed by atoms with Crippen molar-refractivity contribution in [2.24, 2.45) is 0 Å². The van der Waals surface area contributed by atoms with E-state index >= 15 is 0 Å². The van der Waals surface area contributed by atoms with Gasteiger partial charge in [0.15, 0.2) is 0 Å². The van der Waals surface area contributed by atoms with Crippen molar-refractivity contribution in [2.75, 3.05) is 13.1 Å². The molecule has 3 nitrogen and oxygen atoms in total. The molecule has 0 aromatic heterocycles. The number of carbonyl (C=O) groups is 1. The van der Waals surface area contributed by atoms with Crippen molar-refractivity contribution >= 4 is 5.91 Å². The number of nitrogens with zero attached hydrogens (tertiary/aromatic N) is 1. The van der Waals surface area contributed by atoms with E-state index in [1.54, 1.807) is 6.92 Å². The van der Waals surface area contributed by atoms with Crippen LogP contribution in [0.15, 0.2) is 18.2 Å². The summed E-state index contributed by atoms with van der Waals surface area (Å²) < 4.78 is 26.5. The Hall–Kier alpha value is -1.49. The average molecular weight is 255 g/mol. The molecule has 18 heavy (non-hydrogen) atoms. The lowest BCUT2D eigenvalue weighted by molar-refractivity contribution is -0.00215. The summed E-state index contributed by atoms with van der Waals surface area (Å²) in [6.45, 7) is 2.40. The molecule has 2 rings (SSSR count). The molecule has 1 fully saturated rings. The van der Waals surface area contributed by atoms with Gasteiger partial charge in [-0.1, -0.05) is 0 Å². The zero-order valence-corrected chi connectivity index (χ0v) is 10.1. The zero-order chi connectivity index (χ0) is 13.3. The van der Waals surface area contributed by atoms with E-state index in [2.05, 4.69) is 0 Å². The molecule has 1 aromatic rings. The largest absolute Gasteiger partial charge is 0.390 e. The molecule has 0 aliphatic carbocycles. The van der Waals surface area contributed by atoms with E-state index < -0.39 is 23.1 Å². The number of amides is 1. The maximum Gasteiger partial charge on any atom is 0.256 e. The van der Waals surface area contributed by atoms with Gasteiger partial charge in [0.05, 0.1) is 11.2 Å². The van der Waals surface area contributed by atoms with Crippen molar-refractivity contribution in [2.45, 2.75) is 25.4 Å². The highest BCUT2D eigenvalue weighted by molar-refractivity contribution is 5.94. The maximum absolute atomic E-state index is 13.5. The van der Waals surface area contributed by atoms with Crippen molar-refractivity contribution in [3.8, 4) is 0 Å². The second-order valence-corrected chi connectivity index (χ2v) is 4.91. The third-order valence-electron chi connectivity index (χ3n) is 3.29. The van der Waals surface area contributed by atoms with Gasteiger partial charge >= 0.3 is 0 Å². The van der Waals surface area contributed by atoms with E-state index in [-0.39, 0.29) is 5.56 Å². The highest BCUT2D eigenvalue weighted by atomic mass is 19.1. The molecule has 0 bridgehead atoms. The summed E-state index contributed by atoms with van der Waals surface area (Å²) in [5.74, 6) is -1.88. The summed E-state index contributed by atoms with van der Waals surface area (Å²) in [6, 6.07) is 2.83. The molecular formula is C13H15F2NO2. The van der Waals surface area contributed by atoms with Gasteiger partial charge in [0, 0.05) is 13.1 Å². The van der Waals surface area contributed by atoms with Crippen LogP contribution in [0.3, 0.4) is 0 Å². The standard InChI is InChI=1S/C13H15F2NO2/c1-13(18)4-6-16(7-5-13)12(17)10-8-9(14)2-3-11(10)15/h2-3,8,18H,4-7H2,1H3. The number of hydrogen-bond donors (Lipinski definition) is 1. The molecule has 1 aliphatic heterocycles. The fourth-order valence-corrected chi connectivity index (χ4v) is 2.02. The van der Waals surface area contributed by atoms with Gasteiger partial charge in [-0.15, -0.1) is 0 Å². The van der Waals surface area contributed by atoms with Crippen LogP contribution in [-0.4, -0.2) is 34.6 Å². The minimum absolute atomic E-state index is 0.253. The Morgan fingerprint density at radius 3 is 2.56 bits per heavy atom. The molecule has 1 heterocycles. The number of likely N-dealkylation sites (tertiary alicyclic amines) is 1. The zero-order valence-electron chi connectivity index (χ0n) is 10.1. The number of rotatable bonds is 1. The third-order valence-corrected chi connectivity index (χ3v) is 3.29. The van der Waals surface area contributed by atoms with E-state index in [1.807, 2.05) is 0 Å². The summed E-state index contributed by atoms with van der Waals surface area (Å²) in [5.41, 5.74) is -1.03. The fourth-order valence-electron chi connectivity index (χ4n) is 2.02. The van der Waals surface area contributed by atoms with Gasteiger partial charge < -0.3 is 10.0 Å². The predicted octanol–water partition coefficient (Wildman–Crippen LogP) is 1.95. The van der Waals surface area contributed by atoms with Crippen LogP contribution in [0.1, 0.15) is 30.1 Å². The van der Waals surface area contributed by atoms with Crippen molar-refractivity contribution in [1.29, 1.82) is 0 Å². The number of piperidine rings is 1. The van der Waals surface area contributed by atoms with Gasteiger partial charge in [-0.05, 0) is 38.0 Å². The number of aliphatic hydroxyl groups is 1. The Morgan fingerprint density at radius 2 is 1.94 bits per heavy atom. The molecule has 1 aromatic carbocycles. The molecule has 0 unspecified atom stereocenters. The van der Waals surface area contributed by atoms with Crippen LogP contribution in [-0.2, 0) is 0 Å². The molecule has 1 amide bonds. The first-order valence-corrected chi connectivity index (χ1v) is 5.86. The molecule has 1 N–H and O–H groups in total. The maximum atomic E-state index is 13.5. The van der Waals surface area contributed by atoms with Gasteiger partial charge in [0.1, 0.15) is 11.6 Å². The van der Waals surface area contributed by atoms with E-state index in [1.165, 1.54) is 4.90 Å². The normalized spacial score (nSPS) is 18.8. The van der Waals surface area contributed by atoms with Gasteiger partial charge in [-0.2, -0.15) is 0 Å². The summed E-state index contributed by atoms with van der Waals surface area (Å²) in [7, 11) is 0. The lowest BCUT2D eigenvalue weighted by atomic mass is 9.93. The topological polar surface area (TPSA) is 40.5 Å². The van der Waals surface area contributed by atoms with Crippen LogP contribution in [0, 0.1) is 11.6 Å². The Bertz CT molecular complexity index is 464. The van der Waals surface area contributed by atoms with Crippen molar-refractivity contribution < 1.29 is 18.7 Å². The highest BCUT2D eigenvalue weighted by Crippen LogP contribution is 2.23. The number of carbonyl (C=O) groups excluding carboxylic acids is 1. The van der Waals surface area contributed by atoms with Crippen LogP contribution in [0.5, 0.6) is 0 Å². The fraction of sp³-hybridized carbons (Fsp3) is 0.462. The highest BCUT2D eigenvalue weighted by Gasteiger charge is 2.30. The van der Waals surface area contributed by atoms with Gasteiger partial charge in [0.2, 0.25) is 0 Å². The van der Waals surface area contributed by atoms with Crippen LogP contribution in [0.4, 0.5) is 8.78 Å². The number of halogens is 2. The van der Waals surface area contributed by atoms with Gasteiger partial charge in [-0.3, -0.25) is 4.79 Å². The average Bonchev–Trinajstić information content (AvgIpc) is 2.31. The number of hydrogen-bond acceptors (Lipinski definition) is 2. The Kier molecular flexibility index (Phi) is 3.34. The lowest BCUT2D eigenvalue weighted by Gasteiger charge is -2.35. The molecule has 0 spiro atoms. The second-order valence-electron chi connectivity index (χ2n) is 4.91. The molecule has 0 saturated carbocycles. The minimum Gasteiger partial charge on any atom is -0.390 e. The van der Waals surface area contributed by atoms with Crippen molar-refractivity contribution in [3.63, 3.8) is 0 Å². The first kappa shape index (κ1) is 13.0. The van der Waals surface area contributed by atoms with Gasteiger partial charge in [-0.25, -0.2) is 8.78 Å². The summed E-state index contributed by atoms with van der Waals surface area (Å²) >= 11 is 0. The smallest absolute Gasteiger partial charge is 0.256 e. The molecule has 98 valence electrons. The van der Waals surface area contributed by atoms with Crippen LogP contribution in [0.25, 0.3) is 0 Å². The first-order valence-electron chi connectivity index (χ1n) is 5.86. The molecule has 1 saturated heterocycles. The Labute approximate surface area is 104 Å². The quantitative estimate of drug-likeness (QED) is 0.833. The minimum atomic E-state index is -0.780. The summed E-state index contributed by atoms with van der Waals surface area (Å²) in [4.78, 5) is 13.5. The second kappa shape index (κ2) is 4.65. The lowest BCUT2D eigenvalue weighted by Crippen LogP contribution is -2.45.